The van der Waals surface area contributed by atoms with Gasteiger partial charge in [-0.25, -0.2) is 0 Å². The average Bonchev–Trinajstić information content (AvgIpc) is 3.21. The first kappa shape index (κ1) is 17.7. The topological polar surface area (TPSA) is 93.2 Å². The molecule has 136 valence electrons. The van der Waals surface area contributed by atoms with Crippen LogP contribution in [0.25, 0.3) is 0 Å². The van der Waals surface area contributed by atoms with Gasteiger partial charge >= 0.3 is 0 Å². The van der Waals surface area contributed by atoms with E-state index in [0.717, 1.165) is 24.8 Å². The summed E-state index contributed by atoms with van der Waals surface area (Å²) in [5.41, 5.74) is 1.04. The van der Waals surface area contributed by atoms with Crippen LogP contribution in [0.1, 0.15) is 60.5 Å². The monoisotopic (exact) mass is 346 g/mol. The molecule has 0 unspecified atom stereocenters. The normalized spacial score (nSPS) is 20.8. The highest BCUT2D eigenvalue weighted by Crippen LogP contribution is 2.28. The Morgan fingerprint density at radius 1 is 1.44 bits per heavy atom. The molecule has 0 radical (unpaired) electrons. The van der Waals surface area contributed by atoms with Gasteiger partial charge in [0.2, 0.25) is 0 Å². The van der Waals surface area contributed by atoms with Crippen LogP contribution in [0.3, 0.4) is 0 Å². The van der Waals surface area contributed by atoms with Crippen LogP contribution < -0.4 is 5.32 Å². The van der Waals surface area contributed by atoms with E-state index < -0.39 is 5.60 Å². The molecule has 1 amide bonds. The standard InChI is InChI=1S/C18H26N4O3/c1-11-10-25-12(2)16(11)17(23)19-14-7-5-6-13(14)8-22-9-15(20-21-22)18(3,4)24/h9-10,13-14,24H,5-8H2,1-4H3,(H,19,23)/t13-,14-/m1/s1. The van der Waals surface area contributed by atoms with Crippen LogP contribution in [0.2, 0.25) is 0 Å². The van der Waals surface area contributed by atoms with Gasteiger partial charge in [0.25, 0.3) is 5.91 Å². The summed E-state index contributed by atoms with van der Waals surface area (Å²) in [5, 5.41) is 21.3. The molecule has 7 nitrogen and oxygen atoms in total. The highest BCUT2D eigenvalue weighted by molar-refractivity contribution is 5.96. The molecule has 0 spiro atoms. The van der Waals surface area contributed by atoms with E-state index in [1.807, 2.05) is 13.8 Å². The third-order valence-corrected chi connectivity index (χ3v) is 4.95. The van der Waals surface area contributed by atoms with Gasteiger partial charge in [-0.2, -0.15) is 0 Å². The number of furan rings is 1. The van der Waals surface area contributed by atoms with E-state index in [0.29, 0.717) is 29.5 Å². The molecule has 2 N–H and O–H groups in total. The van der Waals surface area contributed by atoms with Crippen molar-refractivity contribution in [2.24, 2.45) is 5.92 Å². The fraction of sp³-hybridized carbons (Fsp3) is 0.611. The zero-order valence-corrected chi connectivity index (χ0v) is 15.2. The van der Waals surface area contributed by atoms with Gasteiger partial charge in [-0.3, -0.25) is 9.48 Å². The average molecular weight is 346 g/mol. The second-order valence-electron chi connectivity index (χ2n) is 7.51. The molecule has 2 atom stereocenters. The lowest BCUT2D eigenvalue weighted by Gasteiger charge is -2.21. The fourth-order valence-electron chi connectivity index (χ4n) is 3.51. The van der Waals surface area contributed by atoms with Gasteiger partial charge in [0.1, 0.15) is 17.1 Å². The van der Waals surface area contributed by atoms with Gasteiger partial charge in [-0.15, -0.1) is 5.10 Å². The molecule has 0 aromatic carbocycles. The van der Waals surface area contributed by atoms with E-state index in [4.69, 9.17) is 4.42 Å². The van der Waals surface area contributed by atoms with Crippen molar-refractivity contribution in [3.05, 3.63) is 35.0 Å². The van der Waals surface area contributed by atoms with Crippen molar-refractivity contribution in [3.8, 4) is 0 Å². The smallest absolute Gasteiger partial charge is 0.255 e. The first-order valence-electron chi connectivity index (χ1n) is 8.74. The Bertz CT molecular complexity index is 737. The van der Waals surface area contributed by atoms with Gasteiger partial charge < -0.3 is 14.8 Å². The molecule has 1 fully saturated rings. The largest absolute Gasteiger partial charge is 0.469 e. The van der Waals surface area contributed by atoms with Crippen molar-refractivity contribution in [2.45, 2.75) is 65.1 Å². The lowest BCUT2D eigenvalue weighted by Crippen LogP contribution is -2.39. The number of aliphatic hydroxyl groups is 1. The van der Waals surface area contributed by atoms with Crippen LogP contribution in [-0.4, -0.2) is 32.0 Å². The number of aromatic nitrogens is 3. The summed E-state index contributed by atoms with van der Waals surface area (Å²) in [7, 11) is 0. The van der Waals surface area contributed by atoms with Crippen molar-refractivity contribution in [1.82, 2.24) is 20.3 Å². The van der Waals surface area contributed by atoms with Crippen LogP contribution in [0.5, 0.6) is 0 Å². The number of amides is 1. The Hall–Kier alpha value is -2.15. The van der Waals surface area contributed by atoms with Crippen molar-refractivity contribution < 1.29 is 14.3 Å². The lowest BCUT2D eigenvalue weighted by molar-refractivity contribution is 0.0737. The van der Waals surface area contributed by atoms with Gasteiger partial charge in [-0.1, -0.05) is 11.6 Å². The SMILES string of the molecule is Cc1coc(C)c1C(=O)N[C@@H]1CCC[C@@H]1Cn1cc(C(C)(C)O)nn1. The molecule has 3 rings (SSSR count). The second kappa shape index (κ2) is 6.63. The number of nitrogens with zero attached hydrogens (tertiary/aromatic N) is 3. The predicted octanol–water partition coefficient (Wildman–Crippen LogP) is 2.31. The second-order valence-corrected chi connectivity index (χ2v) is 7.51. The van der Waals surface area contributed by atoms with Crippen molar-refractivity contribution >= 4 is 5.91 Å². The van der Waals surface area contributed by atoms with E-state index in [1.54, 1.807) is 31.0 Å². The first-order chi connectivity index (χ1) is 11.8. The number of carbonyl (C=O) groups excluding carboxylic acids is 1. The Balaban J connectivity index is 1.67. The molecule has 2 heterocycles. The third-order valence-electron chi connectivity index (χ3n) is 4.95. The van der Waals surface area contributed by atoms with Crippen molar-refractivity contribution in [1.29, 1.82) is 0 Å². The van der Waals surface area contributed by atoms with Gasteiger partial charge in [-0.05, 0) is 46.5 Å². The summed E-state index contributed by atoms with van der Waals surface area (Å²) in [6.45, 7) is 7.75. The predicted molar refractivity (Wildman–Crippen MR) is 92.0 cm³/mol. The quantitative estimate of drug-likeness (QED) is 0.866. The Kier molecular flexibility index (Phi) is 4.69. The molecule has 7 heteroatoms. The molecule has 2 aromatic rings. The summed E-state index contributed by atoms with van der Waals surface area (Å²) in [4.78, 5) is 12.6. The Labute approximate surface area is 147 Å². The zero-order chi connectivity index (χ0) is 18.2. The highest BCUT2D eigenvalue weighted by atomic mass is 16.3. The minimum absolute atomic E-state index is 0.0728. The maximum Gasteiger partial charge on any atom is 0.255 e. The summed E-state index contributed by atoms with van der Waals surface area (Å²) >= 11 is 0. The number of aryl methyl sites for hydroxylation is 2. The number of hydrogen-bond acceptors (Lipinski definition) is 5. The van der Waals surface area contributed by atoms with E-state index in [1.165, 1.54) is 0 Å². The van der Waals surface area contributed by atoms with E-state index in [-0.39, 0.29) is 11.9 Å². The molecule has 1 aliphatic rings. The molecule has 0 bridgehead atoms. The van der Waals surface area contributed by atoms with E-state index in [2.05, 4.69) is 15.6 Å². The van der Waals surface area contributed by atoms with Crippen LogP contribution in [0.15, 0.2) is 16.9 Å². The molecule has 0 aliphatic heterocycles. The minimum Gasteiger partial charge on any atom is -0.469 e. The molecule has 1 saturated carbocycles. The molecule has 2 aromatic heterocycles. The van der Waals surface area contributed by atoms with Crippen LogP contribution in [0.4, 0.5) is 0 Å². The van der Waals surface area contributed by atoms with Crippen LogP contribution >= 0.6 is 0 Å². The Morgan fingerprint density at radius 3 is 2.80 bits per heavy atom. The first-order valence-corrected chi connectivity index (χ1v) is 8.74. The van der Waals surface area contributed by atoms with Crippen LogP contribution in [-0.2, 0) is 12.1 Å². The number of hydrogen-bond donors (Lipinski definition) is 2. The highest BCUT2D eigenvalue weighted by Gasteiger charge is 2.31. The lowest BCUT2D eigenvalue weighted by atomic mass is 10.0. The van der Waals surface area contributed by atoms with E-state index in [9.17, 15) is 9.90 Å². The molecule has 25 heavy (non-hydrogen) atoms. The van der Waals surface area contributed by atoms with Crippen molar-refractivity contribution in [3.63, 3.8) is 0 Å². The number of rotatable bonds is 5. The Morgan fingerprint density at radius 2 is 2.20 bits per heavy atom. The van der Waals surface area contributed by atoms with Gasteiger partial charge in [0, 0.05) is 18.2 Å². The summed E-state index contributed by atoms with van der Waals surface area (Å²) < 4.78 is 7.09. The summed E-state index contributed by atoms with van der Waals surface area (Å²) in [6.07, 6.45) is 6.46. The van der Waals surface area contributed by atoms with E-state index >= 15 is 0 Å². The summed E-state index contributed by atoms with van der Waals surface area (Å²) in [6, 6.07) is 0.107. The number of carbonyl (C=O) groups is 1. The zero-order valence-electron chi connectivity index (χ0n) is 15.2. The van der Waals surface area contributed by atoms with Crippen molar-refractivity contribution in [2.75, 3.05) is 0 Å². The van der Waals surface area contributed by atoms with Crippen LogP contribution in [0, 0.1) is 19.8 Å². The minimum atomic E-state index is -1.00. The fourth-order valence-corrected chi connectivity index (χ4v) is 3.51. The maximum atomic E-state index is 12.6. The molecule has 1 aliphatic carbocycles. The summed E-state index contributed by atoms with van der Waals surface area (Å²) in [5.74, 6) is 0.875. The number of nitrogens with one attached hydrogen (secondary N) is 1. The molecule has 0 saturated heterocycles. The maximum absolute atomic E-state index is 12.6. The third kappa shape index (κ3) is 3.76. The molecular formula is C18H26N4O3. The van der Waals surface area contributed by atoms with Gasteiger partial charge in [0.15, 0.2) is 0 Å². The van der Waals surface area contributed by atoms with Gasteiger partial charge in [0.05, 0.1) is 18.0 Å². The molecular weight excluding hydrogens is 320 g/mol.